The Balaban J connectivity index is 2.48. The van der Waals surface area contributed by atoms with E-state index in [0.717, 1.165) is 17.7 Å². The predicted molar refractivity (Wildman–Crippen MR) is 82.0 cm³/mol. The van der Waals surface area contributed by atoms with Gasteiger partial charge in [0, 0.05) is 4.47 Å². The van der Waals surface area contributed by atoms with Crippen LogP contribution in [-0.2, 0) is 16.6 Å². The van der Waals surface area contributed by atoms with Crippen LogP contribution in [0.2, 0.25) is 0 Å². The Labute approximate surface area is 130 Å². The standard InChI is InChI=1S/C14H13BrFNO3S/c1-9-2-5-12(15)13(6-9)17-21(19,20)14-7-11(16)4-3-10(14)8-18/h2-7,17-18H,8H2,1H3. The van der Waals surface area contributed by atoms with Gasteiger partial charge in [-0.1, -0.05) is 12.1 Å². The third kappa shape index (κ3) is 3.61. The van der Waals surface area contributed by atoms with E-state index in [9.17, 15) is 17.9 Å². The third-order valence-corrected chi connectivity index (χ3v) is 4.99. The van der Waals surface area contributed by atoms with Crippen LogP contribution in [0.4, 0.5) is 10.1 Å². The second-order valence-electron chi connectivity index (χ2n) is 4.50. The van der Waals surface area contributed by atoms with Gasteiger partial charge in [-0.15, -0.1) is 0 Å². The van der Waals surface area contributed by atoms with Crippen molar-refractivity contribution in [1.29, 1.82) is 0 Å². The van der Waals surface area contributed by atoms with E-state index in [1.807, 2.05) is 13.0 Å². The molecular formula is C14H13BrFNO3S. The second-order valence-corrected chi connectivity index (χ2v) is 7.00. The number of anilines is 1. The summed E-state index contributed by atoms with van der Waals surface area (Å²) in [4.78, 5) is -0.279. The summed E-state index contributed by atoms with van der Waals surface area (Å²) in [5.74, 6) is -0.684. The van der Waals surface area contributed by atoms with Gasteiger partial charge < -0.3 is 5.11 Å². The van der Waals surface area contributed by atoms with Crippen LogP contribution in [0.25, 0.3) is 0 Å². The molecule has 0 bridgehead atoms. The van der Waals surface area contributed by atoms with Gasteiger partial charge in [0.2, 0.25) is 0 Å². The molecule has 0 aliphatic carbocycles. The van der Waals surface area contributed by atoms with Gasteiger partial charge in [0.15, 0.2) is 0 Å². The number of halogens is 2. The summed E-state index contributed by atoms with van der Waals surface area (Å²) in [7, 11) is -4.00. The molecule has 0 radical (unpaired) electrons. The molecule has 2 aromatic rings. The number of rotatable bonds is 4. The van der Waals surface area contributed by atoms with Crippen LogP contribution in [0.15, 0.2) is 45.8 Å². The van der Waals surface area contributed by atoms with Crippen molar-refractivity contribution >= 4 is 31.6 Å². The van der Waals surface area contributed by atoms with Gasteiger partial charge in [-0.2, -0.15) is 0 Å². The zero-order chi connectivity index (χ0) is 15.6. The monoisotopic (exact) mass is 373 g/mol. The normalized spacial score (nSPS) is 11.4. The van der Waals surface area contributed by atoms with Crippen LogP contribution in [0.1, 0.15) is 11.1 Å². The number of aliphatic hydroxyl groups is 1. The Hall–Kier alpha value is -1.44. The number of sulfonamides is 1. The summed E-state index contributed by atoms with van der Waals surface area (Å²) in [5.41, 5.74) is 1.35. The number of aliphatic hydroxyl groups excluding tert-OH is 1. The van der Waals surface area contributed by atoms with E-state index < -0.39 is 22.4 Å². The topological polar surface area (TPSA) is 66.4 Å². The lowest BCUT2D eigenvalue weighted by molar-refractivity contribution is 0.278. The molecule has 0 saturated carbocycles. The maximum atomic E-state index is 13.3. The summed E-state index contributed by atoms with van der Waals surface area (Å²) in [6.45, 7) is 1.33. The molecule has 0 atom stereocenters. The molecule has 4 nitrogen and oxygen atoms in total. The van der Waals surface area contributed by atoms with Crippen LogP contribution in [0, 0.1) is 12.7 Å². The first-order valence-electron chi connectivity index (χ1n) is 6.02. The summed E-state index contributed by atoms with van der Waals surface area (Å²) in [5, 5.41) is 9.21. The SMILES string of the molecule is Cc1ccc(Br)c(NS(=O)(=O)c2cc(F)ccc2CO)c1. The van der Waals surface area contributed by atoms with Crippen LogP contribution < -0.4 is 4.72 Å². The molecule has 0 heterocycles. The van der Waals surface area contributed by atoms with Gasteiger partial charge in [-0.05, 0) is 58.2 Å². The highest BCUT2D eigenvalue weighted by Crippen LogP contribution is 2.27. The first kappa shape index (κ1) is 15.9. The minimum absolute atomic E-state index is 0.132. The second kappa shape index (κ2) is 6.13. The fraction of sp³-hybridized carbons (Fsp3) is 0.143. The summed E-state index contributed by atoms with van der Waals surface area (Å²) >= 11 is 3.26. The molecule has 21 heavy (non-hydrogen) atoms. The maximum Gasteiger partial charge on any atom is 0.262 e. The molecule has 2 N–H and O–H groups in total. The fourth-order valence-electron chi connectivity index (χ4n) is 1.83. The van der Waals surface area contributed by atoms with E-state index in [1.165, 1.54) is 6.07 Å². The zero-order valence-corrected chi connectivity index (χ0v) is 13.5. The van der Waals surface area contributed by atoms with Crippen molar-refractivity contribution in [3.05, 3.63) is 57.8 Å². The van der Waals surface area contributed by atoms with Gasteiger partial charge in [0.25, 0.3) is 10.0 Å². The van der Waals surface area contributed by atoms with Crippen molar-refractivity contribution in [1.82, 2.24) is 0 Å². The van der Waals surface area contributed by atoms with E-state index >= 15 is 0 Å². The molecular weight excluding hydrogens is 361 g/mol. The Bertz CT molecular complexity index is 778. The molecule has 0 unspecified atom stereocenters. The lowest BCUT2D eigenvalue weighted by Crippen LogP contribution is -2.16. The first-order chi connectivity index (χ1) is 9.83. The van der Waals surface area contributed by atoms with Crippen molar-refractivity contribution in [3.8, 4) is 0 Å². The van der Waals surface area contributed by atoms with Crippen molar-refractivity contribution in [3.63, 3.8) is 0 Å². The van der Waals surface area contributed by atoms with E-state index in [0.29, 0.717) is 10.2 Å². The predicted octanol–water partition coefficient (Wildman–Crippen LogP) is 3.19. The fourth-order valence-corrected chi connectivity index (χ4v) is 3.62. The van der Waals surface area contributed by atoms with Gasteiger partial charge >= 0.3 is 0 Å². The van der Waals surface area contributed by atoms with E-state index in [-0.39, 0.29) is 10.5 Å². The van der Waals surface area contributed by atoms with Crippen LogP contribution in [0.3, 0.4) is 0 Å². The molecule has 2 rings (SSSR count). The summed E-state index contributed by atoms with van der Waals surface area (Å²) in [6.07, 6.45) is 0. The molecule has 0 fully saturated rings. The number of hydrogen-bond acceptors (Lipinski definition) is 3. The van der Waals surface area contributed by atoms with Crippen LogP contribution >= 0.6 is 15.9 Å². The lowest BCUT2D eigenvalue weighted by atomic mass is 10.2. The Morgan fingerprint density at radius 2 is 1.95 bits per heavy atom. The van der Waals surface area contributed by atoms with E-state index in [2.05, 4.69) is 20.7 Å². The number of aryl methyl sites for hydroxylation is 1. The highest BCUT2D eigenvalue weighted by Gasteiger charge is 2.20. The zero-order valence-electron chi connectivity index (χ0n) is 11.1. The number of benzene rings is 2. The quantitative estimate of drug-likeness (QED) is 0.864. The molecule has 112 valence electrons. The van der Waals surface area contributed by atoms with Crippen molar-refractivity contribution < 1.29 is 17.9 Å². The van der Waals surface area contributed by atoms with E-state index in [1.54, 1.807) is 12.1 Å². The number of nitrogens with one attached hydrogen (secondary N) is 1. The smallest absolute Gasteiger partial charge is 0.262 e. The first-order valence-corrected chi connectivity index (χ1v) is 8.29. The highest BCUT2D eigenvalue weighted by atomic mass is 79.9. The molecule has 7 heteroatoms. The molecule has 0 amide bonds. The maximum absolute atomic E-state index is 13.3. The van der Waals surface area contributed by atoms with Crippen molar-refractivity contribution in [2.75, 3.05) is 4.72 Å². The third-order valence-electron chi connectivity index (χ3n) is 2.86. The highest BCUT2D eigenvalue weighted by molar-refractivity contribution is 9.10. The largest absolute Gasteiger partial charge is 0.392 e. The summed E-state index contributed by atoms with van der Waals surface area (Å²) < 4.78 is 41.0. The molecule has 0 spiro atoms. The minimum atomic E-state index is -4.00. The van der Waals surface area contributed by atoms with Gasteiger partial charge in [-0.25, -0.2) is 12.8 Å². The lowest BCUT2D eigenvalue weighted by Gasteiger charge is -2.13. The molecule has 0 aliphatic heterocycles. The number of hydrogen-bond donors (Lipinski definition) is 2. The molecule has 0 aromatic heterocycles. The molecule has 0 saturated heterocycles. The van der Waals surface area contributed by atoms with Crippen LogP contribution in [-0.4, -0.2) is 13.5 Å². The van der Waals surface area contributed by atoms with E-state index in [4.69, 9.17) is 0 Å². The van der Waals surface area contributed by atoms with Gasteiger partial charge in [0.05, 0.1) is 17.2 Å². The van der Waals surface area contributed by atoms with Gasteiger partial charge in [-0.3, -0.25) is 4.72 Å². The molecule has 2 aromatic carbocycles. The summed E-state index contributed by atoms with van der Waals surface area (Å²) in [6, 6.07) is 8.43. The Kier molecular flexibility index (Phi) is 4.65. The van der Waals surface area contributed by atoms with Crippen molar-refractivity contribution in [2.24, 2.45) is 0 Å². The average molecular weight is 374 g/mol. The average Bonchev–Trinajstić information content (AvgIpc) is 2.42. The minimum Gasteiger partial charge on any atom is -0.392 e. The van der Waals surface area contributed by atoms with Crippen LogP contribution in [0.5, 0.6) is 0 Å². The Morgan fingerprint density at radius 3 is 2.62 bits per heavy atom. The van der Waals surface area contributed by atoms with Gasteiger partial charge in [0.1, 0.15) is 5.82 Å². The van der Waals surface area contributed by atoms with Crippen molar-refractivity contribution in [2.45, 2.75) is 18.4 Å². The Morgan fingerprint density at radius 1 is 1.24 bits per heavy atom. The molecule has 0 aliphatic rings.